The Hall–Kier alpha value is -3.42. The molecule has 0 spiro atoms. The van der Waals surface area contributed by atoms with Gasteiger partial charge in [-0.25, -0.2) is 19.2 Å². The van der Waals surface area contributed by atoms with Gasteiger partial charge in [0.15, 0.2) is 0 Å². The molecular formula is C16H12O8. The summed E-state index contributed by atoms with van der Waals surface area (Å²) in [5.41, 5.74) is -0.997. The summed E-state index contributed by atoms with van der Waals surface area (Å²) in [5.74, 6) is -4.49. The fraction of sp³-hybridized carbons (Fsp3) is 0.125. The topological polar surface area (TPSA) is 127 Å². The second-order valence-electron chi connectivity index (χ2n) is 4.66. The van der Waals surface area contributed by atoms with Gasteiger partial charge < -0.3 is 19.7 Å². The molecule has 8 nitrogen and oxygen atoms in total. The average Bonchev–Trinajstić information content (AvgIpc) is 2.57. The summed E-state index contributed by atoms with van der Waals surface area (Å²) in [6.45, 7) is 0. The number of hydrogen-bond acceptors (Lipinski definition) is 6. The van der Waals surface area contributed by atoms with Crippen molar-refractivity contribution in [1.29, 1.82) is 0 Å². The highest BCUT2D eigenvalue weighted by atomic mass is 16.5. The van der Waals surface area contributed by atoms with Crippen LogP contribution in [0.1, 0.15) is 41.4 Å². The number of carbonyl (C=O) groups is 4. The van der Waals surface area contributed by atoms with Gasteiger partial charge in [-0.3, -0.25) is 0 Å². The zero-order valence-corrected chi connectivity index (χ0v) is 12.7. The van der Waals surface area contributed by atoms with Crippen molar-refractivity contribution in [2.24, 2.45) is 0 Å². The van der Waals surface area contributed by atoms with Crippen LogP contribution in [0.15, 0.2) is 24.3 Å². The number of carboxylic acid groups (broad SMARTS) is 2. The van der Waals surface area contributed by atoms with Gasteiger partial charge in [-0.15, -0.1) is 0 Å². The van der Waals surface area contributed by atoms with Crippen LogP contribution < -0.4 is 0 Å². The molecule has 0 saturated carbocycles. The summed E-state index contributed by atoms with van der Waals surface area (Å²) in [4.78, 5) is 46.9. The van der Waals surface area contributed by atoms with E-state index < -0.39 is 23.9 Å². The third-order valence-electron chi connectivity index (χ3n) is 3.43. The van der Waals surface area contributed by atoms with Crippen molar-refractivity contribution in [2.75, 3.05) is 14.2 Å². The number of rotatable bonds is 4. The van der Waals surface area contributed by atoms with Crippen LogP contribution >= 0.6 is 0 Å². The van der Waals surface area contributed by atoms with E-state index in [1.54, 1.807) is 0 Å². The van der Waals surface area contributed by atoms with Crippen LogP contribution in [0.3, 0.4) is 0 Å². The minimum Gasteiger partial charge on any atom is -0.478 e. The lowest BCUT2D eigenvalue weighted by atomic mass is 9.91. The summed E-state index contributed by atoms with van der Waals surface area (Å²) < 4.78 is 9.26. The maximum atomic E-state index is 12.0. The quantitative estimate of drug-likeness (QED) is 0.811. The summed E-state index contributed by atoms with van der Waals surface area (Å²) in [7, 11) is 2.22. The molecule has 0 saturated heterocycles. The van der Waals surface area contributed by atoms with Crippen molar-refractivity contribution < 1.29 is 38.9 Å². The van der Waals surface area contributed by atoms with Crippen LogP contribution in [0.4, 0.5) is 0 Å². The average molecular weight is 332 g/mol. The SMILES string of the molecule is COC(=O)c1ccc(C(=O)O)c2c(C(=O)O)ccc(C(=O)OC)c12. The number of ether oxygens (including phenoxy) is 2. The molecule has 0 unspecified atom stereocenters. The maximum absolute atomic E-state index is 12.0. The number of methoxy groups -OCH3 is 2. The second-order valence-corrected chi connectivity index (χ2v) is 4.66. The highest BCUT2D eigenvalue weighted by Gasteiger charge is 2.25. The second kappa shape index (κ2) is 6.37. The molecule has 2 N–H and O–H groups in total. The van der Waals surface area contributed by atoms with Crippen LogP contribution in [0.2, 0.25) is 0 Å². The normalized spacial score (nSPS) is 10.2. The van der Waals surface area contributed by atoms with Crippen molar-refractivity contribution in [3.05, 3.63) is 46.5 Å². The van der Waals surface area contributed by atoms with Crippen molar-refractivity contribution >= 4 is 34.6 Å². The van der Waals surface area contributed by atoms with E-state index >= 15 is 0 Å². The summed E-state index contributed by atoms with van der Waals surface area (Å²) in [5, 5.41) is 18.3. The predicted octanol–water partition coefficient (Wildman–Crippen LogP) is 1.81. The molecule has 24 heavy (non-hydrogen) atoms. The van der Waals surface area contributed by atoms with Gasteiger partial charge in [0.1, 0.15) is 0 Å². The molecule has 124 valence electrons. The molecule has 0 amide bonds. The Morgan fingerprint density at radius 1 is 0.667 bits per heavy atom. The maximum Gasteiger partial charge on any atom is 0.338 e. The third kappa shape index (κ3) is 2.65. The number of benzene rings is 2. The number of fused-ring (bicyclic) bond motifs is 1. The zero-order chi connectivity index (χ0) is 18.0. The Kier molecular flexibility index (Phi) is 4.50. The number of carbonyl (C=O) groups excluding carboxylic acids is 2. The molecule has 8 heteroatoms. The lowest BCUT2D eigenvalue weighted by molar-refractivity contribution is 0.0598. The zero-order valence-electron chi connectivity index (χ0n) is 12.7. The van der Waals surface area contributed by atoms with Crippen LogP contribution in [0.25, 0.3) is 10.8 Å². The number of hydrogen-bond donors (Lipinski definition) is 2. The van der Waals surface area contributed by atoms with Gasteiger partial charge in [0.25, 0.3) is 0 Å². The Morgan fingerprint density at radius 2 is 0.958 bits per heavy atom. The van der Waals surface area contributed by atoms with E-state index in [9.17, 15) is 29.4 Å². The summed E-state index contributed by atoms with van der Waals surface area (Å²) in [6.07, 6.45) is 0. The highest BCUT2D eigenvalue weighted by Crippen LogP contribution is 2.31. The van der Waals surface area contributed by atoms with Crippen LogP contribution in [0.5, 0.6) is 0 Å². The number of aromatic carboxylic acids is 2. The van der Waals surface area contributed by atoms with Crippen molar-refractivity contribution in [2.45, 2.75) is 0 Å². The first-order valence-electron chi connectivity index (χ1n) is 6.56. The van der Waals surface area contributed by atoms with Crippen LogP contribution in [-0.2, 0) is 9.47 Å². The van der Waals surface area contributed by atoms with Gasteiger partial charge in [-0.1, -0.05) is 0 Å². The van der Waals surface area contributed by atoms with Gasteiger partial charge in [0.05, 0.1) is 36.5 Å². The van der Waals surface area contributed by atoms with Crippen LogP contribution in [0, 0.1) is 0 Å². The smallest absolute Gasteiger partial charge is 0.338 e. The molecule has 2 aromatic rings. The van der Waals surface area contributed by atoms with E-state index in [4.69, 9.17) is 0 Å². The minimum absolute atomic E-state index is 0.138. The first-order chi connectivity index (χ1) is 11.3. The van der Waals surface area contributed by atoms with E-state index in [0.29, 0.717) is 0 Å². The molecule has 2 rings (SSSR count). The van der Waals surface area contributed by atoms with E-state index in [1.807, 2.05) is 0 Å². The lowest BCUT2D eigenvalue weighted by Crippen LogP contribution is -2.13. The van der Waals surface area contributed by atoms with E-state index in [0.717, 1.165) is 38.5 Å². The van der Waals surface area contributed by atoms with E-state index in [1.165, 1.54) is 0 Å². The summed E-state index contributed by atoms with van der Waals surface area (Å²) in [6, 6.07) is 4.50. The molecule has 0 aromatic heterocycles. The first kappa shape index (κ1) is 16.9. The molecule has 0 aliphatic heterocycles. The van der Waals surface area contributed by atoms with Gasteiger partial charge >= 0.3 is 23.9 Å². The van der Waals surface area contributed by atoms with E-state index in [2.05, 4.69) is 9.47 Å². The molecule has 0 radical (unpaired) electrons. The van der Waals surface area contributed by atoms with Crippen molar-refractivity contribution in [1.82, 2.24) is 0 Å². The Morgan fingerprint density at radius 3 is 1.25 bits per heavy atom. The van der Waals surface area contributed by atoms with Crippen molar-refractivity contribution in [3.8, 4) is 0 Å². The van der Waals surface area contributed by atoms with Crippen molar-refractivity contribution in [3.63, 3.8) is 0 Å². The number of carboxylic acids is 2. The van der Waals surface area contributed by atoms with Crippen LogP contribution in [-0.4, -0.2) is 48.3 Å². The molecule has 0 aliphatic carbocycles. The van der Waals surface area contributed by atoms with Gasteiger partial charge in [0, 0.05) is 10.8 Å². The fourth-order valence-electron chi connectivity index (χ4n) is 2.41. The molecule has 0 atom stereocenters. The third-order valence-corrected chi connectivity index (χ3v) is 3.43. The Bertz CT molecular complexity index is 813. The standard InChI is InChI=1S/C16H12O8/c1-23-15(21)9-5-3-7(13(17)18)11-8(14(19)20)4-6-10(12(9)11)16(22)24-2/h3-6H,1-2H3,(H,17,18)(H,19,20). The fourth-order valence-corrected chi connectivity index (χ4v) is 2.41. The molecular weight excluding hydrogens is 320 g/mol. The lowest BCUT2D eigenvalue weighted by Gasteiger charge is -2.13. The predicted molar refractivity (Wildman–Crippen MR) is 80.5 cm³/mol. The monoisotopic (exact) mass is 332 g/mol. The highest BCUT2D eigenvalue weighted by molar-refractivity contribution is 6.22. The molecule has 0 fully saturated rings. The largest absolute Gasteiger partial charge is 0.478 e. The summed E-state index contributed by atoms with van der Waals surface area (Å²) >= 11 is 0. The van der Waals surface area contributed by atoms with E-state index in [-0.39, 0.29) is 33.0 Å². The first-order valence-corrected chi connectivity index (χ1v) is 6.56. The van der Waals surface area contributed by atoms with Gasteiger partial charge in [-0.05, 0) is 24.3 Å². The molecule has 0 aliphatic rings. The molecule has 2 aromatic carbocycles. The van der Waals surface area contributed by atoms with Gasteiger partial charge in [-0.2, -0.15) is 0 Å². The number of esters is 2. The molecule has 0 bridgehead atoms. The Balaban J connectivity index is 3.12. The Labute approximate surface area is 135 Å². The minimum atomic E-state index is -1.40. The van der Waals surface area contributed by atoms with Gasteiger partial charge in [0.2, 0.25) is 0 Å². The molecule has 0 heterocycles.